The van der Waals surface area contributed by atoms with Crippen LogP contribution < -0.4 is 10.6 Å². The maximum atomic E-state index is 13.2. The number of nitrogens with two attached hydrogens (primary N) is 1. The van der Waals surface area contributed by atoms with E-state index in [2.05, 4.69) is 5.10 Å². The number of benzene rings is 1. The van der Waals surface area contributed by atoms with E-state index >= 15 is 0 Å². The maximum Gasteiger partial charge on any atom is 0.248 e. The molecule has 0 saturated carbocycles. The largest absolute Gasteiger partial charge is 0.396 e. The molecule has 2 rings (SSSR count). The molecule has 0 aliphatic carbocycles. The Morgan fingerprint density at radius 2 is 2.32 bits per heavy atom. The van der Waals surface area contributed by atoms with Crippen molar-refractivity contribution in [2.24, 2.45) is 0 Å². The normalized spacial score (nSPS) is 10.4. The Bertz CT molecular complexity index is 582. The third-order valence-electron chi connectivity index (χ3n) is 2.69. The van der Waals surface area contributed by atoms with Crippen LogP contribution in [0, 0.1) is 5.82 Å². The number of amides is 1. The highest BCUT2D eigenvalue weighted by Crippen LogP contribution is 2.16. The number of likely N-dealkylation sites (N-methyl/N-ethyl adjacent to an activating group) is 1. The van der Waals surface area contributed by atoms with Gasteiger partial charge in [0.15, 0.2) is 0 Å². The molecule has 100 valence electrons. The number of hydrogen-bond acceptors (Lipinski definition) is 3. The van der Waals surface area contributed by atoms with Crippen molar-refractivity contribution in [1.82, 2.24) is 9.78 Å². The van der Waals surface area contributed by atoms with Crippen LogP contribution in [0.1, 0.15) is 6.92 Å². The molecule has 2 N–H and O–H groups in total. The van der Waals surface area contributed by atoms with Crippen LogP contribution in [-0.4, -0.2) is 22.2 Å². The molecule has 19 heavy (non-hydrogen) atoms. The van der Waals surface area contributed by atoms with E-state index in [1.807, 2.05) is 6.92 Å². The summed E-state index contributed by atoms with van der Waals surface area (Å²) >= 11 is 0. The van der Waals surface area contributed by atoms with E-state index in [1.54, 1.807) is 18.3 Å². The van der Waals surface area contributed by atoms with Crippen molar-refractivity contribution >= 4 is 17.3 Å². The third-order valence-corrected chi connectivity index (χ3v) is 2.69. The van der Waals surface area contributed by atoms with E-state index < -0.39 is 0 Å². The van der Waals surface area contributed by atoms with Gasteiger partial charge in [0.1, 0.15) is 12.4 Å². The Morgan fingerprint density at radius 1 is 1.53 bits per heavy atom. The fourth-order valence-corrected chi connectivity index (χ4v) is 1.84. The van der Waals surface area contributed by atoms with Crippen molar-refractivity contribution in [3.63, 3.8) is 0 Å². The predicted octanol–water partition coefficient (Wildman–Crippen LogP) is 1.66. The Kier molecular flexibility index (Phi) is 3.79. The Morgan fingerprint density at radius 3 is 2.89 bits per heavy atom. The van der Waals surface area contributed by atoms with E-state index in [1.165, 1.54) is 27.9 Å². The summed E-state index contributed by atoms with van der Waals surface area (Å²) in [6.45, 7) is 2.36. The fraction of sp³-hybridized carbons (Fsp3) is 0.231. The molecule has 6 heteroatoms. The van der Waals surface area contributed by atoms with Crippen molar-refractivity contribution in [1.29, 1.82) is 0 Å². The second-order valence-corrected chi connectivity index (χ2v) is 4.09. The number of aromatic nitrogens is 2. The van der Waals surface area contributed by atoms with E-state index in [4.69, 9.17) is 5.73 Å². The summed E-state index contributed by atoms with van der Waals surface area (Å²) in [6, 6.07) is 5.95. The minimum absolute atomic E-state index is 0.0710. The molecular formula is C13H15FN4O. The topological polar surface area (TPSA) is 64.2 Å². The van der Waals surface area contributed by atoms with Crippen molar-refractivity contribution in [2.75, 3.05) is 17.2 Å². The Hall–Kier alpha value is -2.37. The van der Waals surface area contributed by atoms with Gasteiger partial charge in [0.25, 0.3) is 0 Å². The smallest absolute Gasteiger partial charge is 0.248 e. The van der Waals surface area contributed by atoms with E-state index in [0.717, 1.165) is 0 Å². The number of nitrogens with zero attached hydrogens (tertiary/aromatic N) is 3. The molecule has 0 saturated heterocycles. The number of hydrogen-bond donors (Lipinski definition) is 1. The van der Waals surface area contributed by atoms with Gasteiger partial charge in [0.2, 0.25) is 5.91 Å². The van der Waals surface area contributed by atoms with Gasteiger partial charge >= 0.3 is 0 Å². The molecular weight excluding hydrogens is 247 g/mol. The zero-order chi connectivity index (χ0) is 13.8. The van der Waals surface area contributed by atoms with E-state index in [9.17, 15) is 9.18 Å². The minimum Gasteiger partial charge on any atom is -0.396 e. The molecule has 0 bridgehead atoms. The first-order chi connectivity index (χ1) is 9.10. The first-order valence-electron chi connectivity index (χ1n) is 5.94. The van der Waals surface area contributed by atoms with Gasteiger partial charge in [-0.3, -0.25) is 9.48 Å². The lowest BCUT2D eigenvalue weighted by Gasteiger charge is -2.21. The SMILES string of the molecule is CCN(C(=O)Cn1cc(N)cn1)c1cccc(F)c1. The van der Waals surface area contributed by atoms with Crippen LogP contribution in [-0.2, 0) is 11.3 Å². The zero-order valence-electron chi connectivity index (χ0n) is 10.6. The first kappa shape index (κ1) is 13.1. The second kappa shape index (κ2) is 5.51. The highest BCUT2D eigenvalue weighted by Gasteiger charge is 2.15. The molecule has 0 unspecified atom stereocenters. The van der Waals surface area contributed by atoms with Crippen molar-refractivity contribution < 1.29 is 9.18 Å². The molecule has 5 nitrogen and oxygen atoms in total. The van der Waals surface area contributed by atoms with Crippen molar-refractivity contribution in [2.45, 2.75) is 13.5 Å². The summed E-state index contributed by atoms with van der Waals surface area (Å²) in [5.41, 5.74) is 6.57. The monoisotopic (exact) mass is 262 g/mol. The molecule has 0 aliphatic heterocycles. The first-order valence-corrected chi connectivity index (χ1v) is 5.94. The van der Waals surface area contributed by atoms with E-state index in [-0.39, 0.29) is 18.3 Å². The molecule has 0 atom stereocenters. The highest BCUT2D eigenvalue weighted by atomic mass is 19.1. The average Bonchev–Trinajstić information content (AvgIpc) is 2.75. The van der Waals surface area contributed by atoms with Gasteiger partial charge in [-0.2, -0.15) is 5.10 Å². The van der Waals surface area contributed by atoms with Crippen LogP contribution in [0.25, 0.3) is 0 Å². The number of rotatable bonds is 4. The van der Waals surface area contributed by atoms with Gasteiger partial charge in [-0.25, -0.2) is 4.39 Å². The molecule has 1 heterocycles. The van der Waals surface area contributed by atoms with Gasteiger partial charge in [0.05, 0.1) is 11.9 Å². The zero-order valence-corrected chi connectivity index (χ0v) is 10.6. The van der Waals surface area contributed by atoms with Crippen LogP contribution >= 0.6 is 0 Å². The predicted molar refractivity (Wildman–Crippen MR) is 71.1 cm³/mol. The van der Waals surface area contributed by atoms with Crippen LogP contribution in [0.4, 0.5) is 15.8 Å². The second-order valence-electron chi connectivity index (χ2n) is 4.09. The summed E-state index contributed by atoms with van der Waals surface area (Å²) in [5.74, 6) is -0.539. The van der Waals surface area contributed by atoms with Crippen LogP contribution in [0.5, 0.6) is 0 Å². The minimum atomic E-state index is -0.368. The van der Waals surface area contributed by atoms with Crippen LogP contribution in [0.2, 0.25) is 0 Å². The van der Waals surface area contributed by atoms with Gasteiger partial charge in [-0.1, -0.05) is 6.07 Å². The number of carbonyl (C=O) groups is 1. The highest BCUT2D eigenvalue weighted by molar-refractivity contribution is 5.93. The number of halogens is 1. The molecule has 0 spiro atoms. The molecule has 0 radical (unpaired) electrons. The average molecular weight is 262 g/mol. The van der Waals surface area contributed by atoms with Gasteiger partial charge < -0.3 is 10.6 Å². The lowest BCUT2D eigenvalue weighted by atomic mass is 10.2. The fourth-order valence-electron chi connectivity index (χ4n) is 1.84. The lowest BCUT2D eigenvalue weighted by Crippen LogP contribution is -2.33. The van der Waals surface area contributed by atoms with Crippen LogP contribution in [0.15, 0.2) is 36.7 Å². The molecule has 1 aromatic heterocycles. The lowest BCUT2D eigenvalue weighted by molar-refractivity contribution is -0.119. The quantitative estimate of drug-likeness (QED) is 0.911. The maximum absolute atomic E-state index is 13.2. The summed E-state index contributed by atoms with van der Waals surface area (Å²) in [4.78, 5) is 13.7. The van der Waals surface area contributed by atoms with Gasteiger partial charge in [-0.05, 0) is 25.1 Å². The molecule has 0 aliphatic rings. The number of carbonyl (C=O) groups excluding carboxylic acids is 1. The molecule has 1 aromatic carbocycles. The number of anilines is 2. The third kappa shape index (κ3) is 3.09. The number of nitrogen functional groups attached to an aromatic ring is 1. The van der Waals surface area contributed by atoms with Gasteiger partial charge in [-0.15, -0.1) is 0 Å². The molecule has 1 amide bonds. The van der Waals surface area contributed by atoms with Crippen LogP contribution in [0.3, 0.4) is 0 Å². The summed E-state index contributed by atoms with van der Waals surface area (Å²) in [7, 11) is 0. The summed E-state index contributed by atoms with van der Waals surface area (Å²) < 4.78 is 14.6. The standard InChI is InChI=1S/C13H15FN4O/c1-2-18(12-5-3-4-10(14)6-12)13(19)9-17-8-11(15)7-16-17/h3-8H,2,9,15H2,1H3. The van der Waals surface area contributed by atoms with Crippen molar-refractivity contribution in [3.8, 4) is 0 Å². The molecule has 2 aromatic rings. The van der Waals surface area contributed by atoms with Gasteiger partial charge in [0, 0.05) is 18.4 Å². The van der Waals surface area contributed by atoms with E-state index in [0.29, 0.717) is 17.9 Å². The summed E-state index contributed by atoms with van der Waals surface area (Å²) in [5, 5.41) is 3.95. The Labute approximate surface area is 110 Å². The van der Waals surface area contributed by atoms with Crippen molar-refractivity contribution in [3.05, 3.63) is 42.5 Å². The molecule has 0 fully saturated rings. The Balaban J connectivity index is 2.15. The summed E-state index contributed by atoms with van der Waals surface area (Å²) in [6.07, 6.45) is 3.06.